The Kier molecular flexibility index (Phi) is 4.47. The highest BCUT2D eigenvalue weighted by molar-refractivity contribution is 5.86. The van der Waals surface area contributed by atoms with Gasteiger partial charge in [-0.15, -0.1) is 13.2 Å². The molecular formula is C15H13F3O3. The fraction of sp³-hybridized carbons (Fsp3) is 0.267. The van der Waals surface area contributed by atoms with E-state index in [0.717, 1.165) is 12.3 Å². The van der Waals surface area contributed by atoms with Crippen molar-refractivity contribution in [1.82, 2.24) is 0 Å². The highest BCUT2D eigenvalue weighted by Crippen LogP contribution is 2.32. The molecule has 2 aromatic rings. The molecule has 0 saturated carbocycles. The molecule has 1 unspecified atom stereocenters. The van der Waals surface area contributed by atoms with Gasteiger partial charge in [0, 0.05) is 6.92 Å². The molecule has 3 nitrogen and oxygen atoms in total. The van der Waals surface area contributed by atoms with Gasteiger partial charge in [-0.3, -0.25) is 9.53 Å². The number of rotatable bonds is 4. The molecule has 6 heteroatoms. The van der Waals surface area contributed by atoms with E-state index in [1.165, 1.54) is 6.07 Å². The van der Waals surface area contributed by atoms with E-state index in [9.17, 15) is 18.0 Å². The van der Waals surface area contributed by atoms with Gasteiger partial charge in [0.1, 0.15) is 12.7 Å². The van der Waals surface area contributed by atoms with E-state index in [1.54, 1.807) is 36.4 Å². The highest BCUT2D eigenvalue weighted by atomic mass is 19.4. The van der Waals surface area contributed by atoms with Crippen LogP contribution in [-0.4, -0.2) is 18.9 Å². The molecule has 0 aliphatic carbocycles. The smallest absolute Gasteiger partial charge is 0.463 e. The Morgan fingerprint density at radius 3 is 2.48 bits per heavy atom. The van der Waals surface area contributed by atoms with Crippen molar-refractivity contribution in [2.24, 2.45) is 0 Å². The standard InChI is InChI=1S/C15H13F3O3/c1-10(19)20-9-14(21-15(16,17)18)13-8-4-6-11-5-2-3-7-12(11)13/h2-8,14H,9H2,1H3. The molecule has 2 rings (SSSR count). The van der Waals surface area contributed by atoms with Crippen LogP contribution in [0.1, 0.15) is 18.6 Å². The Balaban J connectivity index is 2.39. The first-order chi connectivity index (χ1) is 9.87. The van der Waals surface area contributed by atoms with Gasteiger partial charge in [0.05, 0.1) is 0 Å². The van der Waals surface area contributed by atoms with Crippen LogP contribution in [0.4, 0.5) is 13.2 Å². The minimum absolute atomic E-state index is 0.326. The van der Waals surface area contributed by atoms with Crippen molar-refractivity contribution in [3.05, 3.63) is 48.0 Å². The van der Waals surface area contributed by atoms with Gasteiger partial charge in [-0.1, -0.05) is 42.5 Å². The first kappa shape index (κ1) is 15.3. The van der Waals surface area contributed by atoms with Crippen molar-refractivity contribution in [1.29, 1.82) is 0 Å². The monoisotopic (exact) mass is 298 g/mol. The molecule has 0 fully saturated rings. The Labute approximate surface area is 119 Å². The van der Waals surface area contributed by atoms with Crippen molar-refractivity contribution in [3.63, 3.8) is 0 Å². The zero-order chi connectivity index (χ0) is 15.5. The largest absolute Gasteiger partial charge is 0.523 e. The fourth-order valence-electron chi connectivity index (χ4n) is 2.07. The van der Waals surface area contributed by atoms with Crippen LogP contribution in [0.2, 0.25) is 0 Å². The molecule has 1 atom stereocenters. The Bertz CT molecular complexity index is 632. The first-order valence-electron chi connectivity index (χ1n) is 6.22. The van der Waals surface area contributed by atoms with Gasteiger partial charge < -0.3 is 4.74 Å². The summed E-state index contributed by atoms with van der Waals surface area (Å²) in [4.78, 5) is 10.8. The lowest BCUT2D eigenvalue weighted by Crippen LogP contribution is -2.22. The quantitative estimate of drug-likeness (QED) is 0.801. The van der Waals surface area contributed by atoms with Crippen LogP contribution in [0.15, 0.2) is 42.5 Å². The highest BCUT2D eigenvalue weighted by Gasteiger charge is 2.35. The van der Waals surface area contributed by atoms with Crippen LogP contribution in [0.5, 0.6) is 0 Å². The maximum Gasteiger partial charge on any atom is 0.523 e. The molecule has 0 N–H and O–H groups in total. The summed E-state index contributed by atoms with van der Waals surface area (Å²) in [6, 6.07) is 12.0. The number of carbonyl (C=O) groups excluding carboxylic acids is 1. The number of hydrogen-bond donors (Lipinski definition) is 0. The number of esters is 1. The van der Waals surface area contributed by atoms with Gasteiger partial charge in [-0.25, -0.2) is 0 Å². The van der Waals surface area contributed by atoms with Crippen LogP contribution in [0.3, 0.4) is 0 Å². The van der Waals surface area contributed by atoms with E-state index < -0.39 is 25.0 Å². The second-order valence-electron chi connectivity index (χ2n) is 4.42. The molecule has 0 aromatic heterocycles. The maximum absolute atomic E-state index is 12.6. The third kappa shape index (κ3) is 4.19. The van der Waals surface area contributed by atoms with Crippen molar-refractivity contribution < 1.29 is 27.4 Å². The summed E-state index contributed by atoms with van der Waals surface area (Å²) in [5.41, 5.74) is 0.326. The number of carbonyl (C=O) groups is 1. The van der Waals surface area contributed by atoms with Gasteiger partial charge in [0.2, 0.25) is 0 Å². The SMILES string of the molecule is CC(=O)OCC(OC(F)(F)F)c1cccc2ccccc12. The number of benzene rings is 2. The molecule has 2 aromatic carbocycles. The van der Waals surface area contributed by atoms with Crippen LogP contribution in [-0.2, 0) is 14.3 Å². The van der Waals surface area contributed by atoms with Crippen LogP contribution < -0.4 is 0 Å². The van der Waals surface area contributed by atoms with E-state index in [4.69, 9.17) is 0 Å². The lowest BCUT2D eigenvalue weighted by atomic mass is 10.0. The topological polar surface area (TPSA) is 35.5 Å². The Morgan fingerprint density at radius 2 is 1.81 bits per heavy atom. The summed E-state index contributed by atoms with van der Waals surface area (Å²) in [6.07, 6.45) is -6.22. The molecule has 0 heterocycles. The third-order valence-electron chi connectivity index (χ3n) is 2.88. The Hall–Kier alpha value is -2.08. The van der Waals surface area contributed by atoms with Crippen molar-refractivity contribution in [2.75, 3.05) is 6.61 Å². The fourth-order valence-corrected chi connectivity index (χ4v) is 2.07. The predicted octanol–water partition coefficient (Wildman–Crippen LogP) is 3.98. The number of ether oxygens (including phenoxy) is 2. The summed E-state index contributed by atoms with van der Waals surface area (Å²) in [7, 11) is 0. The lowest BCUT2D eigenvalue weighted by molar-refractivity contribution is -0.347. The molecule has 0 bridgehead atoms. The molecule has 0 saturated heterocycles. The lowest BCUT2D eigenvalue weighted by Gasteiger charge is -2.21. The maximum atomic E-state index is 12.6. The average molecular weight is 298 g/mol. The summed E-state index contributed by atoms with van der Waals surface area (Å²) in [5.74, 6) is -0.661. The molecule has 112 valence electrons. The number of fused-ring (bicyclic) bond motifs is 1. The molecular weight excluding hydrogens is 285 g/mol. The molecule has 0 aliphatic rings. The molecule has 0 spiro atoms. The number of alkyl halides is 3. The van der Waals surface area contributed by atoms with Crippen molar-refractivity contribution >= 4 is 16.7 Å². The van der Waals surface area contributed by atoms with Gasteiger partial charge in [0.15, 0.2) is 0 Å². The van der Waals surface area contributed by atoms with Crippen LogP contribution in [0, 0.1) is 0 Å². The molecule has 21 heavy (non-hydrogen) atoms. The van der Waals surface area contributed by atoms with Crippen molar-refractivity contribution in [3.8, 4) is 0 Å². The van der Waals surface area contributed by atoms with E-state index in [2.05, 4.69) is 9.47 Å². The second-order valence-corrected chi connectivity index (χ2v) is 4.42. The molecule has 0 aliphatic heterocycles. The van der Waals surface area contributed by atoms with Gasteiger partial charge in [-0.2, -0.15) is 0 Å². The minimum Gasteiger partial charge on any atom is -0.463 e. The normalized spacial score (nSPS) is 13.1. The van der Waals surface area contributed by atoms with Crippen molar-refractivity contribution in [2.45, 2.75) is 19.4 Å². The van der Waals surface area contributed by atoms with Gasteiger partial charge in [-0.05, 0) is 16.3 Å². The summed E-state index contributed by atoms with van der Waals surface area (Å²) < 4.78 is 46.5. The number of halogens is 3. The summed E-state index contributed by atoms with van der Waals surface area (Å²) >= 11 is 0. The van der Waals surface area contributed by atoms with E-state index in [1.807, 2.05) is 0 Å². The molecule has 0 radical (unpaired) electrons. The zero-order valence-electron chi connectivity index (χ0n) is 11.2. The van der Waals surface area contributed by atoms with E-state index in [-0.39, 0.29) is 0 Å². The average Bonchev–Trinajstić information content (AvgIpc) is 2.41. The predicted molar refractivity (Wildman–Crippen MR) is 70.5 cm³/mol. The number of hydrogen-bond acceptors (Lipinski definition) is 3. The summed E-state index contributed by atoms with van der Waals surface area (Å²) in [5, 5.41) is 1.41. The minimum atomic E-state index is -4.82. The third-order valence-corrected chi connectivity index (χ3v) is 2.88. The van der Waals surface area contributed by atoms with Crippen LogP contribution >= 0.6 is 0 Å². The van der Waals surface area contributed by atoms with E-state index >= 15 is 0 Å². The van der Waals surface area contributed by atoms with E-state index in [0.29, 0.717) is 10.9 Å². The second kappa shape index (κ2) is 6.13. The Morgan fingerprint density at radius 1 is 1.14 bits per heavy atom. The van der Waals surface area contributed by atoms with Gasteiger partial charge in [0.25, 0.3) is 0 Å². The summed E-state index contributed by atoms with van der Waals surface area (Å²) in [6.45, 7) is 0.636. The van der Waals surface area contributed by atoms with Crippen LogP contribution in [0.25, 0.3) is 10.8 Å². The zero-order valence-corrected chi connectivity index (χ0v) is 11.2. The van der Waals surface area contributed by atoms with Gasteiger partial charge >= 0.3 is 12.3 Å². The molecule has 0 amide bonds. The first-order valence-corrected chi connectivity index (χ1v) is 6.22.